The van der Waals surface area contributed by atoms with E-state index in [2.05, 4.69) is 5.16 Å². The highest BCUT2D eigenvalue weighted by Crippen LogP contribution is 2.22. The standard InChI is InChI=1S/C16H18N4O4/c1-9-5-12(11(3)20(9)14-6-10(2)24-17-14)13(21)7-19-15(22)8-18(4)16(19)23/h5-6H,7-8H2,1-4H3. The van der Waals surface area contributed by atoms with Crippen LogP contribution in [0.25, 0.3) is 5.82 Å². The van der Waals surface area contributed by atoms with Gasteiger partial charge in [0.1, 0.15) is 12.3 Å². The van der Waals surface area contributed by atoms with Gasteiger partial charge in [-0.2, -0.15) is 0 Å². The second kappa shape index (κ2) is 5.63. The minimum Gasteiger partial charge on any atom is -0.360 e. The largest absolute Gasteiger partial charge is 0.360 e. The molecule has 2 aromatic heterocycles. The van der Waals surface area contributed by atoms with Crippen LogP contribution in [0.5, 0.6) is 0 Å². The van der Waals surface area contributed by atoms with E-state index in [0.29, 0.717) is 22.8 Å². The Morgan fingerprint density at radius 3 is 2.50 bits per heavy atom. The van der Waals surface area contributed by atoms with Gasteiger partial charge in [0.25, 0.3) is 5.91 Å². The van der Waals surface area contributed by atoms with Gasteiger partial charge in [-0.15, -0.1) is 0 Å². The van der Waals surface area contributed by atoms with Gasteiger partial charge in [0, 0.05) is 30.1 Å². The van der Waals surface area contributed by atoms with Crippen molar-refractivity contribution >= 4 is 17.7 Å². The molecule has 3 amide bonds. The van der Waals surface area contributed by atoms with Crippen molar-refractivity contribution in [3.05, 3.63) is 34.8 Å². The van der Waals surface area contributed by atoms with Crippen molar-refractivity contribution in [3.8, 4) is 5.82 Å². The van der Waals surface area contributed by atoms with E-state index in [-0.39, 0.29) is 24.8 Å². The zero-order valence-electron chi connectivity index (χ0n) is 14.0. The molecule has 0 N–H and O–H groups in total. The molecule has 8 nitrogen and oxygen atoms in total. The lowest BCUT2D eigenvalue weighted by molar-refractivity contribution is -0.125. The molecular weight excluding hydrogens is 312 g/mol. The first-order valence-corrected chi connectivity index (χ1v) is 7.51. The molecule has 2 aromatic rings. The quantitative estimate of drug-likeness (QED) is 0.625. The number of urea groups is 1. The second-order valence-corrected chi connectivity index (χ2v) is 5.96. The summed E-state index contributed by atoms with van der Waals surface area (Å²) >= 11 is 0. The Labute approximate surface area is 138 Å². The van der Waals surface area contributed by atoms with Crippen molar-refractivity contribution in [1.82, 2.24) is 19.5 Å². The summed E-state index contributed by atoms with van der Waals surface area (Å²) < 4.78 is 6.90. The van der Waals surface area contributed by atoms with E-state index in [0.717, 1.165) is 10.6 Å². The molecule has 0 aliphatic carbocycles. The highest BCUT2D eigenvalue weighted by atomic mass is 16.5. The summed E-state index contributed by atoms with van der Waals surface area (Å²) in [5, 5.41) is 3.97. The molecule has 1 aliphatic rings. The molecule has 0 atom stereocenters. The number of Topliss-reactive ketones (excluding diaryl/α,β-unsaturated/α-hetero) is 1. The first-order chi connectivity index (χ1) is 11.3. The first kappa shape index (κ1) is 16.0. The lowest BCUT2D eigenvalue weighted by Gasteiger charge is -2.13. The molecule has 24 heavy (non-hydrogen) atoms. The number of nitrogens with zero attached hydrogens (tertiary/aromatic N) is 4. The summed E-state index contributed by atoms with van der Waals surface area (Å²) in [4.78, 5) is 38.6. The van der Waals surface area contributed by atoms with E-state index in [4.69, 9.17) is 4.52 Å². The van der Waals surface area contributed by atoms with Crippen LogP contribution in [0.1, 0.15) is 27.5 Å². The molecule has 0 saturated carbocycles. The number of hydrogen-bond acceptors (Lipinski definition) is 5. The zero-order chi connectivity index (χ0) is 17.6. The van der Waals surface area contributed by atoms with Crippen molar-refractivity contribution in [1.29, 1.82) is 0 Å². The van der Waals surface area contributed by atoms with Crippen LogP contribution in [0, 0.1) is 20.8 Å². The third-order valence-electron chi connectivity index (χ3n) is 4.11. The van der Waals surface area contributed by atoms with E-state index in [1.54, 1.807) is 26.0 Å². The van der Waals surface area contributed by atoms with Gasteiger partial charge in [0.2, 0.25) is 0 Å². The predicted molar refractivity (Wildman–Crippen MR) is 84.1 cm³/mol. The molecule has 1 saturated heterocycles. The van der Waals surface area contributed by atoms with Gasteiger partial charge in [0.05, 0.1) is 6.54 Å². The Morgan fingerprint density at radius 2 is 1.96 bits per heavy atom. The number of imide groups is 1. The van der Waals surface area contributed by atoms with Crippen molar-refractivity contribution in [3.63, 3.8) is 0 Å². The number of amides is 3. The topological polar surface area (TPSA) is 88.7 Å². The van der Waals surface area contributed by atoms with Crippen molar-refractivity contribution in [2.45, 2.75) is 20.8 Å². The Kier molecular flexibility index (Phi) is 3.75. The Balaban J connectivity index is 1.89. The Bertz CT molecular complexity index is 848. The van der Waals surface area contributed by atoms with Gasteiger partial charge in [0.15, 0.2) is 11.6 Å². The normalized spacial score (nSPS) is 14.8. The summed E-state index contributed by atoms with van der Waals surface area (Å²) in [6, 6.07) is 3.06. The van der Waals surface area contributed by atoms with Crippen LogP contribution in [0.2, 0.25) is 0 Å². The van der Waals surface area contributed by atoms with Gasteiger partial charge >= 0.3 is 6.03 Å². The number of aryl methyl sites for hydroxylation is 2. The Hall–Kier alpha value is -2.90. The molecule has 1 aliphatic heterocycles. The molecule has 3 rings (SSSR count). The summed E-state index contributed by atoms with van der Waals surface area (Å²) in [7, 11) is 1.53. The first-order valence-electron chi connectivity index (χ1n) is 7.51. The molecule has 0 spiro atoms. The van der Waals surface area contributed by atoms with Gasteiger partial charge in [-0.25, -0.2) is 4.79 Å². The van der Waals surface area contributed by atoms with Crippen LogP contribution in [-0.4, -0.2) is 57.4 Å². The average Bonchev–Trinajstić information content (AvgIpc) is 3.12. The fraction of sp³-hybridized carbons (Fsp3) is 0.375. The predicted octanol–water partition coefficient (Wildman–Crippen LogP) is 1.47. The number of ketones is 1. The lowest BCUT2D eigenvalue weighted by atomic mass is 10.1. The monoisotopic (exact) mass is 330 g/mol. The maximum atomic E-state index is 12.6. The molecule has 0 unspecified atom stereocenters. The summed E-state index contributed by atoms with van der Waals surface area (Å²) in [6.45, 7) is 5.18. The van der Waals surface area contributed by atoms with Crippen molar-refractivity contribution in [2.75, 3.05) is 20.1 Å². The molecular formula is C16H18N4O4. The number of likely N-dealkylation sites (N-methyl/N-ethyl adjacent to an activating group) is 1. The van der Waals surface area contributed by atoms with E-state index in [1.807, 2.05) is 11.5 Å². The van der Waals surface area contributed by atoms with Gasteiger partial charge in [-0.1, -0.05) is 5.16 Å². The van der Waals surface area contributed by atoms with Crippen molar-refractivity contribution < 1.29 is 18.9 Å². The molecule has 126 valence electrons. The minimum atomic E-state index is -0.450. The molecule has 1 fully saturated rings. The van der Waals surface area contributed by atoms with E-state index >= 15 is 0 Å². The number of carbonyl (C=O) groups excluding carboxylic acids is 3. The maximum Gasteiger partial charge on any atom is 0.327 e. The highest BCUT2D eigenvalue weighted by molar-refractivity contribution is 6.08. The zero-order valence-corrected chi connectivity index (χ0v) is 14.0. The fourth-order valence-corrected chi connectivity index (χ4v) is 2.91. The van der Waals surface area contributed by atoms with Crippen LogP contribution < -0.4 is 0 Å². The molecule has 0 aromatic carbocycles. The van der Waals surface area contributed by atoms with E-state index < -0.39 is 6.03 Å². The summed E-state index contributed by atoms with van der Waals surface area (Å²) in [5.74, 6) is 0.611. The van der Waals surface area contributed by atoms with E-state index in [1.165, 1.54) is 11.9 Å². The number of aromatic nitrogens is 2. The highest BCUT2D eigenvalue weighted by Gasteiger charge is 2.35. The molecule has 0 radical (unpaired) electrons. The average molecular weight is 330 g/mol. The molecule has 0 bridgehead atoms. The van der Waals surface area contributed by atoms with Crippen LogP contribution in [0.3, 0.4) is 0 Å². The number of hydrogen-bond donors (Lipinski definition) is 0. The van der Waals surface area contributed by atoms with E-state index in [9.17, 15) is 14.4 Å². The van der Waals surface area contributed by atoms with Crippen LogP contribution in [0.4, 0.5) is 4.79 Å². The molecule has 3 heterocycles. The lowest BCUT2D eigenvalue weighted by Crippen LogP contribution is -2.36. The molecule has 8 heteroatoms. The fourth-order valence-electron chi connectivity index (χ4n) is 2.91. The third kappa shape index (κ3) is 2.49. The number of rotatable bonds is 4. The number of carbonyl (C=O) groups is 3. The minimum absolute atomic E-state index is 0.00332. The Morgan fingerprint density at radius 1 is 1.25 bits per heavy atom. The van der Waals surface area contributed by atoms with Crippen LogP contribution >= 0.6 is 0 Å². The van der Waals surface area contributed by atoms with Gasteiger partial charge in [-0.05, 0) is 26.8 Å². The SMILES string of the molecule is Cc1cc(-n2c(C)cc(C(=O)CN3C(=O)CN(C)C3=O)c2C)no1. The maximum absolute atomic E-state index is 12.6. The summed E-state index contributed by atoms with van der Waals surface area (Å²) in [5.41, 5.74) is 1.97. The van der Waals surface area contributed by atoms with Gasteiger partial charge in [-0.3, -0.25) is 19.1 Å². The summed E-state index contributed by atoms with van der Waals surface area (Å²) in [6.07, 6.45) is 0. The van der Waals surface area contributed by atoms with Crippen LogP contribution in [-0.2, 0) is 4.79 Å². The van der Waals surface area contributed by atoms with Crippen molar-refractivity contribution in [2.24, 2.45) is 0 Å². The van der Waals surface area contributed by atoms with Gasteiger partial charge < -0.3 is 9.42 Å². The second-order valence-electron chi connectivity index (χ2n) is 5.96. The third-order valence-corrected chi connectivity index (χ3v) is 4.11. The smallest absolute Gasteiger partial charge is 0.327 e. The van der Waals surface area contributed by atoms with Crippen LogP contribution in [0.15, 0.2) is 16.7 Å².